The number of aromatic nitrogens is 4. The summed E-state index contributed by atoms with van der Waals surface area (Å²) >= 11 is 0. The second-order valence-electron chi connectivity index (χ2n) is 24.6. The standard InChI is InChI=1S/C71H70N4OSi/c1-69(2,3)51-37-38-72-67(45-51)75-63-32-15-14-29-61(63)62-36-35-56(47-66(62)75)76-55-25-21-24-54(46-55)73-48-74(65-34-17-16-33-64(65)73)68-59(30-22-31-60(68)50-41-52(70(4,5)6)44-53(42-50)71(7,8)9)49-23-20-28-58(43-49)77(39-18-11-19-40-77)57-26-12-10-13-27-57/h10,12-17,20-38,41-47H,11,18-19,39-40H2,1-9H3. The summed E-state index contributed by atoms with van der Waals surface area (Å²) in [6.07, 6.45) is 9.81. The maximum atomic E-state index is 6.88. The Hall–Kier alpha value is -7.80. The van der Waals surface area contributed by atoms with Gasteiger partial charge in [0.05, 0.1) is 33.4 Å². The first-order valence-electron chi connectivity index (χ1n) is 27.7. The van der Waals surface area contributed by atoms with Gasteiger partial charge in [0.25, 0.3) is 6.33 Å². The van der Waals surface area contributed by atoms with Crippen LogP contribution in [0.15, 0.2) is 200 Å². The highest BCUT2D eigenvalue weighted by atomic mass is 28.3. The first kappa shape index (κ1) is 50.0. The Bertz CT molecular complexity index is 3970. The Morgan fingerprint density at radius 1 is 0.481 bits per heavy atom. The van der Waals surface area contributed by atoms with Crippen LogP contribution in [0.1, 0.15) is 98.3 Å². The fourth-order valence-electron chi connectivity index (χ4n) is 12.0. The minimum Gasteiger partial charge on any atom is -0.458 e. The molecule has 5 nitrogen and oxygen atoms in total. The number of hydrogen-bond donors (Lipinski definition) is 0. The molecule has 4 heterocycles. The van der Waals surface area contributed by atoms with Gasteiger partial charge in [-0.1, -0.05) is 231 Å². The molecule has 0 unspecified atom stereocenters. The molecule has 1 aliphatic rings. The van der Waals surface area contributed by atoms with E-state index >= 15 is 0 Å². The van der Waals surface area contributed by atoms with E-state index < -0.39 is 8.07 Å². The number of hydrogen-bond acceptors (Lipinski definition) is 2. The third-order valence-electron chi connectivity index (χ3n) is 16.4. The third-order valence-corrected chi connectivity index (χ3v) is 21.6. The van der Waals surface area contributed by atoms with Gasteiger partial charge >= 0.3 is 0 Å². The summed E-state index contributed by atoms with van der Waals surface area (Å²) in [6, 6.07) is 74.5. The van der Waals surface area contributed by atoms with Crippen LogP contribution in [0.3, 0.4) is 0 Å². The van der Waals surface area contributed by atoms with E-state index in [1.165, 1.54) is 80.9 Å². The Kier molecular flexibility index (Phi) is 12.6. The van der Waals surface area contributed by atoms with Gasteiger partial charge in [-0.3, -0.25) is 13.7 Å². The van der Waals surface area contributed by atoms with Crippen LogP contribution in [-0.2, 0) is 16.2 Å². The molecule has 1 saturated heterocycles. The van der Waals surface area contributed by atoms with Crippen molar-refractivity contribution in [1.29, 1.82) is 0 Å². The number of benzene rings is 8. The lowest BCUT2D eigenvalue weighted by molar-refractivity contribution is -0.571. The lowest BCUT2D eigenvalue weighted by Gasteiger charge is -2.36. The highest BCUT2D eigenvalue weighted by Gasteiger charge is 2.38. The SMILES string of the molecule is CC(C)(C)c1cc(-c2cccc(-c3cccc([Si]4(c5ccccc5)CCCCC4)c3)c2-[n+]2[c-]n(-c3cccc(Oc4ccc5c6ccccc6n(-c6cc(C(C)(C)C)ccn6)c5c4)c3)c3ccccc32)cc(C(C)(C)C)c1. The second kappa shape index (κ2) is 19.3. The summed E-state index contributed by atoms with van der Waals surface area (Å²) in [7, 11) is -2.03. The quantitative estimate of drug-likeness (QED) is 0.0820. The van der Waals surface area contributed by atoms with E-state index in [9.17, 15) is 0 Å². The highest BCUT2D eigenvalue weighted by molar-refractivity contribution is 7.02. The van der Waals surface area contributed by atoms with Crippen LogP contribution >= 0.6 is 0 Å². The topological polar surface area (TPSA) is 35.9 Å². The van der Waals surface area contributed by atoms with Crippen molar-refractivity contribution in [3.8, 4) is 50.9 Å². The van der Waals surface area contributed by atoms with Crippen LogP contribution in [0, 0.1) is 6.33 Å². The van der Waals surface area contributed by atoms with E-state index in [-0.39, 0.29) is 16.2 Å². The molecule has 6 heteroatoms. The van der Waals surface area contributed by atoms with Crippen LogP contribution < -0.4 is 19.7 Å². The van der Waals surface area contributed by atoms with E-state index in [2.05, 4.69) is 270 Å². The highest BCUT2D eigenvalue weighted by Crippen LogP contribution is 2.41. The zero-order chi connectivity index (χ0) is 53.3. The van der Waals surface area contributed by atoms with Crippen molar-refractivity contribution in [2.45, 2.75) is 110 Å². The second-order valence-corrected chi connectivity index (χ2v) is 29.0. The largest absolute Gasteiger partial charge is 0.458 e. The number of fused-ring (bicyclic) bond motifs is 4. The van der Waals surface area contributed by atoms with Gasteiger partial charge < -0.3 is 4.74 Å². The number of pyridine rings is 1. The molecule has 11 aromatic rings. The number of ether oxygens (including phenoxy) is 1. The number of nitrogens with zero attached hydrogens (tertiary/aromatic N) is 4. The number of imidazole rings is 1. The lowest BCUT2D eigenvalue weighted by atomic mass is 9.78. The predicted octanol–water partition coefficient (Wildman–Crippen LogP) is 17.0. The van der Waals surface area contributed by atoms with Gasteiger partial charge in [0.1, 0.15) is 25.4 Å². The maximum absolute atomic E-state index is 6.88. The van der Waals surface area contributed by atoms with E-state index in [1.807, 2.05) is 12.3 Å². The number of para-hydroxylation sites is 4. The Balaban J connectivity index is 1.01. The number of rotatable bonds is 9. The molecule has 0 atom stereocenters. The molecule has 384 valence electrons. The van der Waals surface area contributed by atoms with E-state index in [4.69, 9.17) is 9.72 Å². The van der Waals surface area contributed by atoms with E-state index in [0.29, 0.717) is 0 Å². The molecule has 77 heavy (non-hydrogen) atoms. The molecule has 0 radical (unpaired) electrons. The fraction of sp³-hybridized carbons (Fsp3) is 0.239. The van der Waals surface area contributed by atoms with E-state index in [0.717, 1.165) is 56.1 Å². The van der Waals surface area contributed by atoms with E-state index in [1.54, 1.807) is 5.19 Å². The molecule has 3 aromatic heterocycles. The summed E-state index contributed by atoms with van der Waals surface area (Å²) in [5.41, 5.74) is 14.9. The fourth-order valence-corrected chi connectivity index (χ4v) is 17.2. The normalized spacial score (nSPS) is 14.1. The first-order chi connectivity index (χ1) is 37.0. The molecule has 1 aliphatic heterocycles. The molecule has 12 rings (SSSR count). The van der Waals surface area contributed by atoms with Crippen molar-refractivity contribution in [3.05, 3.63) is 223 Å². The van der Waals surface area contributed by atoms with Gasteiger partial charge in [-0.25, -0.2) is 4.98 Å². The molecule has 1 fully saturated rings. The lowest BCUT2D eigenvalue weighted by Crippen LogP contribution is -2.59. The Labute approximate surface area is 456 Å². The molecule has 0 bridgehead atoms. The molecule has 8 aromatic carbocycles. The van der Waals surface area contributed by atoms with Gasteiger partial charge in [0, 0.05) is 23.0 Å². The average molecular weight is 1020 g/mol. The van der Waals surface area contributed by atoms with Crippen LogP contribution in [0.5, 0.6) is 11.5 Å². The first-order valence-corrected chi connectivity index (χ1v) is 30.1. The molecule has 0 aliphatic carbocycles. The minimum absolute atomic E-state index is 0.0225. The summed E-state index contributed by atoms with van der Waals surface area (Å²) in [5.74, 6) is 2.38. The van der Waals surface area contributed by atoms with Crippen molar-refractivity contribution in [2.75, 3.05) is 0 Å². The smallest absolute Gasteiger partial charge is 0.269 e. The van der Waals surface area contributed by atoms with Crippen LogP contribution in [0.2, 0.25) is 12.1 Å². The zero-order valence-corrected chi connectivity index (χ0v) is 47.3. The molecule has 0 amide bonds. The predicted molar refractivity (Wildman–Crippen MR) is 324 cm³/mol. The summed E-state index contributed by atoms with van der Waals surface area (Å²) in [4.78, 5) is 4.93. The van der Waals surface area contributed by atoms with Crippen molar-refractivity contribution in [1.82, 2.24) is 14.1 Å². The van der Waals surface area contributed by atoms with Crippen molar-refractivity contribution in [3.63, 3.8) is 0 Å². The van der Waals surface area contributed by atoms with Crippen molar-refractivity contribution in [2.24, 2.45) is 0 Å². The van der Waals surface area contributed by atoms with Crippen LogP contribution in [0.25, 0.3) is 72.3 Å². The minimum atomic E-state index is -2.03. The Morgan fingerprint density at radius 3 is 1.84 bits per heavy atom. The zero-order valence-electron chi connectivity index (χ0n) is 46.3. The van der Waals surface area contributed by atoms with Crippen LogP contribution in [0.4, 0.5) is 0 Å². The monoisotopic (exact) mass is 1020 g/mol. The van der Waals surface area contributed by atoms with Crippen molar-refractivity contribution >= 4 is 51.3 Å². The van der Waals surface area contributed by atoms with Gasteiger partial charge in [0.15, 0.2) is 0 Å². The summed E-state index contributed by atoms with van der Waals surface area (Å²) in [6.45, 7) is 20.7. The Morgan fingerprint density at radius 2 is 1.10 bits per heavy atom. The van der Waals surface area contributed by atoms with Gasteiger partial charge in [-0.15, -0.1) is 0 Å². The van der Waals surface area contributed by atoms with Crippen LogP contribution in [-0.4, -0.2) is 22.2 Å². The summed E-state index contributed by atoms with van der Waals surface area (Å²) < 4.78 is 13.7. The third kappa shape index (κ3) is 9.31. The maximum Gasteiger partial charge on any atom is 0.269 e. The molecule has 0 saturated carbocycles. The molecular weight excluding hydrogens is 953 g/mol. The summed E-state index contributed by atoms with van der Waals surface area (Å²) in [5, 5.41) is 5.42. The molecule has 0 spiro atoms. The average Bonchev–Trinajstić information content (AvgIpc) is 4.18. The van der Waals surface area contributed by atoms with Gasteiger partial charge in [0.2, 0.25) is 0 Å². The van der Waals surface area contributed by atoms with Gasteiger partial charge in [-0.05, 0) is 116 Å². The van der Waals surface area contributed by atoms with Gasteiger partial charge in [-0.2, -0.15) is 0 Å². The molecule has 0 N–H and O–H groups in total. The van der Waals surface area contributed by atoms with Crippen molar-refractivity contribution < 1.29 is 9.30 Å². The molecular formula is C71H70N4OSi.